The molecule has 1 aliphatic heterocycles. The van der Waals surface area contributed by atoms with Gasteiger partial charge in [0.25, 0.3) is 0 Å². The summed E-state index contributed by atoms with van der Waals surface area (Å²) in [4.78, 5) is 38.6. The van der Waals surface area contributed by atoms with Crippen LogP contribution in [0.1, 0.15) is 33.1 Å². The summed E-state index contributed by atoms with van der Waals surface area (Å²) in [5, 5.41) is 11.9. The second-order valence-corrected chi connectivity index (χ2v) is 6.15. The highest BCUT2D eigenvalue weighted by Gasteiger charge is 2.32. The van der Waals surface area contributed by atoms with E-state index in [4.69, 9.17) is 0 Å². The molecule has 1 aliphatic rings. The Bertz CT molecular complexity index is 417. The number of carboxylic acid groups (broad SMARTS) is 1. The van der Waals surface area contributed by atoms with E-state index in [9.17, 15) is 19.5 Å². The Morgan fingerprint density at radius 3 is 2.23 bits per heavy atom. The molecular weight excluding hydrogens is 286 g/mol. The minimum atomic E-state index is -0.997. The lowest BCUT2D eigenvalue weighted by Crippen LogP contribution is -2.50. The van der Waals surface area contributed by atoms with Crippen molar-refractivity contribution in [3.05, 3.63) is 0 Å². The maximum absolute atomic E-state index is 12.3. The van der Waals surface area contributed by atoms with Gasteiger partial charge in [0.2, 0.25) is 5.91 Å². The van der Waals surface area contributed by atoms with Crippen LogP contribution < -0.4 is 5.32 Å². The van der Waals surface area contributed by atoms with Crippen molar-refractivity contribution in [1.29, 1.82) is 0 Å². The van der Waals surface area contributed by atoms with E-state index in [-0.39, 0.29) is 23.8 Å². The van der Waals surface area contributed by atoms with E-state index < -0.39 is 12.0 Å². The largest absolute Gasteiger partial charge is 0.480 e. The number of carbonyl (C=O) groups is 3. The number of hydrogen-bond acceptors (Lipinski definition) is 3. The van der Waals surface area contributed by atoms with Crippen LogP contribution in [0.5, 0.6) is 0 Å². The Hall–Kier alpha value is -1.79. The van der Waals surface area contributed by atoms with Crippen molar-refractivity contribution in [2.75, 3.05) is 27.2 Å². The second-order valence-electron chi connectivity index (χ2n) is 6.15. The van der Waals surface area contributed by atoms with Gasteiger partial charge in [-0.25, -0.2) is 9.59 Å². The third-order valence-corrected chi connectivity index (χ3v) is 4.30. The molecule has 0 unspecified atom stereocenters. The number of amides is 3. The van der Waals surface area contributed by atoms with Crippen LogP contribution in [0.15, 0.2) is 0 Å². The quantitative estimate of drug-likeness (QED) is 0.792. The molecule has 0 aromatic heterocycles. The fourth-order valence-corrected chi connectivity index (χ4v) is 2.57. The number of rotatable bonds is 5. The molecular formula is C15H27N3O4. The van der Waals surface area contributed by atoms with Crippen molar-refractivity contribution in [2.45, 2.75) is 39.2 Å². The first-order chi connectivity index (χ1) is 10.3. The number of nitrogens with zero attached hydrogens (tertiary/aromatic N) is 2. The van der Waals surface area contributed by atoms with Gasteiger partial charge in [-0.2, -0.15) is 0 Å². The molecule has 2 N–H and O–H groups in total. The Labute approximate surface area is 131 Å². The van der Waals surface area contributed by atoms with Crippen LogP contribution in [0.4, 0.5) is 4.79 Å². The van der Waals surface area contributed by atoms with Crippen molar-refractivity contribution in [1.82, 2.24) is 15.1 Å². The number of likely N-dealkylation sites (tertiary alicyclic amines) is 1. The lowest BCUT2D eigenvalue weighted by Gasteiger charge is -2.33. The molecule has 1 rings (SSSR count). The summed E-state index contributed by atoms with van der Waals surface area (Å²) < 4.78 is 0. The van der Waals surface area contributed by atoms with E-state index in [1.54, 1.807) is 19.0 Å². The van der Waals surface area contributed by atoms with E-state index in [1.165, 1.54) is 4.90 Å². The van der Waals surface area contributed by atoms with E-state index in [1.807, 2.05) is 13.8 Å². The fourth-order valence-electron chi connectivity index (χ4n) is 2.57. The molecule has 0 aliphatic carbocycles. The average Bonchev–Trinajstić information content (AvgIpc) is 2.50. The van der Waals surface area contributed by atoms with Gasteiger partial charge in [0, 0.05) is 33.1 Å². The number of aliphatic carboxylic acids is 1. The van der Waals surface area contributed by atoms with Crippen molar-refractivity contribution in [3.63, 3.8) is 0 Å². The Morgan fingerprint density at radius 2 is 1.82 bits per heavy atom. The van der Waals surface area contributed by atoms with Crippen LogP contribution in [0.2, 0.25) is 0 Å². The Balaban J connectivity index is 2.55. The van der Waals surface area contributed by atoms with Gasteiger partial charge in [0.1, 0.15) is 6.04 Å². The third kappa shape index (κ3) is 4.61. The fraction of sp³-hybridized carbons (Fsp3) is 0.800. The van der Waals surface area contributed by atoms with E-state index in [0.717, 1.165) is 0 Å². The van der Waals surface area contributed by atoms with Crippen molar-refractivity contribution in [2.24, 2.45) is 11.8 Å². The minimum Gasteiger partial charge on any atom is -0.480 e. The molecule has 22 heavy (non-hydrogen) atoms. The standard InChI is InChI=1S/C15H27N3O4/c1-5-10(2)12(14(20)21)16-13(19)11-6-8-18(9-7-11)15(22)17(3)4/h10-12H,5-9H2,1-4H3,(H,16,19)(H,20,21)/t10-,12+/m0/s1. The second kappa shape index (κ2) is 8.00. The van der Waals surface area contributed by atoms with Crippen LogP contribution in [-0.4, -0.2) is 66.0 Å². The predicted octanol–water partition coefficient (Wildman–Crippen LogP) is 0.996. The van der Waals surface area contributed by atoms with Gasteiger partial charge in [0.15, 0.2) is 0 Å². The van der Waals surface area contributed by atoms with Gasteiger partial charge in [-0.1, -0.05) is 20.3 Å². The topological polar surface area (TPSA) is 90.0 Å². The van der Waals surface area contributed by atoms with Crippen molar-refractivity contribution in [3.8, 4) is 0 Å². The molecule has 1 heterocycles. The molecule has 1 saturated heterocycles. The third-order valence-electron chi connectivity index (χ3n) is 4.30. The molecule has 1 fully saturated rings. The first-order valence-corrected chi connectivity index (χ1v) is 7.77. The summed E-state index contributed by atoms with van der Waals surface area (Å²) in [6.45, 7) is 4.77. The summed E-state index contributed by atoms with van der Waals surface area (Å²) in [6.07, 6.45) is 1.82. The smallest absolute Gasteiger partial charge is 0.326 e. The zero-order valence-electron chi connectivity index (χ0n) is 13.8. The monoisotopic (exact) mass is 313 g/mol. The lowest BCUT2D eigenvalue weighted by molar-refractivity contribution is -0.144. The van der Waals surface area contributed by atoms with Crippen LogP contribution in [0, 0.1) is 11.8 Å². The first-order valence-electron chi connectivity index (χ1n) is 7.77. The molecule has 0 aromatic rings. The van der Waals surface area contributed by atoms with Gasteiger partial charge in [0.05, 0.1) is 0 Å². The van der Waals surface area contributed by atoms with Gasteiger partial charge in [-0.3, -0.25) is 4.79 Å². The van der Waals surface area contributed by atoms with Crippen molar-refractivity contribution < 1.29 is 19.5 Å². The Morgan fingerprint density at radius 1 is 1.27 bits per heavy atom. The highest BCUT2D eigenvalue weighted by atomic mass is 16.4. The molecule has 7 nitrogen and oxygen atoms in total. The number of hydrogen-bond donors (Lipinski definition) is 2. The summed E-state index contributed by atoms with van der Waals surface area (Å²) >= 11 is 0. The molecule has 2 atom stereocenters. The van der Waals surface area contributed by atoms with E-state index in [0.29, 0.717) is 32.4 Å². The Kier molecular flexibility index (Phi) is 6.64. The van der Waals surface area contributed by atoms with Crippen LogP contribution in [-0.2, 0) is 9.59 Å². The normalized spacial score (nSPS) is 18.5. The zero-order valence-corrected chi connectivity index (χ0v) is 13.8. The average molecular weight is 313 g/mol. The molecule has 0 radical (unpaired) electrons. The molecule has 0 aromatic carbocycles. The number of carboxylic acids is 1. The molecule has 3 amide bonds. The van der Waals surface area contributed by atoms with Crippen LogP contribution in [0.25, 0.3) is 0 Å². The molecule has 0 spiro atoms. The zero-order chi connectivity index (χ0) is 16.9. The predicted molar refractivity (Wildman–Crippen MR) is 82.4 cm³/mol. The maximum atomic E-state index is 12.3. The molecule has 0 saturated carbocycles. The van der Waals surface area contributed by atoms with Gasteiger partial charge in [-0.05, 0) is 18.8 Å². The molecule has 126 valence electrons. The molecule has 0 bridgehead atoms. The highest BCUT2D eigenvalue weighted by molar-refractivity contribution is 5.85. The van der Waals surface area contributed by atoms with Crippen LogP contribution in [0.3, 0.4) is 0 Å². The molecule has 7 heteroatoms. The summed E-state index contributed by atoms with van der Waals surface area (Å²) in [7, 11) is 3.40. The maximum Gasteiger partial charge on any atom is 0.326 e. The lowest BCUT2D eigenvalue weighted by atomic mass is 9.93. The first kappa shape index (κ1) is 18.3. The van der Waals surface area contributed by atoms with Crippen molar-refractivity contribution >= 4 is 17.9 Å². The summed E-state index contributed by atoms with van der Waals surface area (Å²) in [5.41, 5.74) is 0. The number of carbonyl (C=O) groups excluding carboxylic acids is 2. The minimum absolute atomic E-state index is 0.0538. The SMILES string of the molecule is CC[C@H](C)[C@@H](NC(=O)C1CCN(C(=O)N(C)C)CC1)C(=O)O. The van der Waals surface area contributed by atoms with E-state index >= 15 is 0 Å². The highest BCUT2D eigenvalue weighted by Crippen LogP contribution is 2.19. The van der Waals surface area contributed by atoms with Crippen LogP contribution >= 0.6 is 0 Å². The summed E-state index contributed by atoms with van der Waals surface area (Å²) in [6, 6.07) is -0.902. The van der Waals surface area contributed by atoms with Gasteiger partial charge >= 0.3 is 12.0 Å². The number of urea groups is 1. The van der Waals surface area contributed by atoms with Gasteiger partial charge in [-0.15, -0.1) is 0 Å². The number of piperidine rings is 1. The number of nitrogens with one attached hydrogen (secondary N) is 1. The van der Waals surface area contributed by atoms with E-state index in [2.05, 4.69) is 5.32 Å². The summed E-state index contributed by atoms with van der Waals surface area (Å²) in [5.74, 6) is -1.55. The van der Waals surface area contributed by atoms with Gasteiger partial charge < -0.3 is 20.2 Å².